The molecule has 0 saturated carbocycles. The van der Waals surface area contributed by atoms with Crippen LogP contribution in [0, 0.1) is 6.92 Å². The molecule has 0 N–H and O–H groups in total. The SMILES string of the molecule is Cc1occc1-c1nnc(Sc2ccc3nnc(C(F)(F)F)n3n2)n1C. The lowest BCUT2D eigenvalue weighted by molar-refractivity contribution is -0.146. The van der Waals surface area contributed by atoms with Gasteiger partial charge in [0.1, 0.15) is 10.8 Å². The predicted molar refractivity (Wildman–Crippen MR) is 83.3 cm³/mol. The fourth-order valence-corrected chi connectivity index (χ4v) is 3.10. The van der Waals surface area contributed by atoms with Crippen LogP contribution in [-0.2, 0) is 13.2 Å². The second kappa shape index (κ2) is 5.83. The van der Waals surface area contributed by atoms with E-state index >= 15 is 0 Å². The summed E-state index contributed by atoms with van der Waals surface area (Å²) in [5, 5.41) is 19.6. The molecule has 0 aliphatic carbocycles. The molecule has 26 heavy (non-hydrogen) atoms. The minimum absolute atomic E-state index is 0.00866. The van der Waals surface area contributed by atoms with E-state index in [1.54, 1.807) is 36.9 Å². The molecule has 4 rings (SSSR count). The number of fused-ring (bicyclic) bond motifs is 1. The molecule has 0 aliphatic heterocycles. The monoisotopic (exact) mass is 381 g/mol. The molecule has 8 nitrogen and oxygen atoms in total. The number of furan rings is 1. The van der Waals surface area contributed by atoms with Crippen LogP contribution in [0.3, 0.4) is 0 Å². The van der Waals surface area contributed by atoms with Crippen LogP contribution >= 0.6 is 11.8 Å². The number of halogens is 3. The molecule has 4 aromatic heterocycles. The molecule has 0 fully saturated rings. The molecule has 4 aromatic rings. The Bertz CT molecular complexity index is 1100. The molecule has 0 bridgehead atoms. The number of hydrogen-bond donors (Lipinski definition) is 0. The van der Waals surface area contributed by atoms with Gasteiger partial charge in [-0.05, 0) is 36.9 Å². The van der Waals surface area contributed by atoms with E-state index in [1.807, 2.05) is 0 Å². The molecule has 0 amide bonds. The highest BCUT2D eigenvalue weighted by atomic mass is 32.2. The van der Waals surface area contributed by atoms with Crippen LogP contribution in [0.4, 0.5) is 13.2 Å². The summed E-state index contributed by atoms with van der Waals surface area (Å²) in [6.07, 6.45) is -3.10. The van der Waals surface area contributed by atoms with Gasteiger partial charge in [-0.1, -0.05) is 0 Å². The van der Waals surface area contributed by atoms with E-state index in [0.29, 0.717) is 26.3 Å². The fraction of sp³-hybridized carbons (Fsp3) is 0.214. The van der Waals surface area contributed by atoms with Gasteiger partial charge in [-0.2, -0.15) is 22.8 Å². The van der Waals surface area contributed by atoms with Crippen molar-refractivity contribution < 1.29 is 17.6 Å². The largest absolute Gasteiger partial charge is 0.469 e. The smallest absolute Gasteiger partial charge is 0.453 e. The van der Waals surface area contributed by atoms with Gasteiger partial charge in [0.05, 0.1) is 11.8 Å². The summed E-state index contributed by atoms with van der Waals surface area (Å²) in [4.78, 5) is 0. The lowest BCUT2D eigenvalue weighted by Gasteiger charge is -2.05. The highest BCUT2D eigenvalue weighted by Gasteiger charge is 2.37. The number of alkyl halides is 3. The zero-order valence-electron chi connectivity index (χ0n) is 13.4. The molecule has 4 heterocycles. The highest BCUT2D eigenvalue weighted by Crippen LogP contribution is 2.31. The molecule has 0 radical (unpaired) electrons. The maximum absolute atomic E-state index is 13.0. The van der Waals surface area contributed by atoms with Gasteiger partial charge in [0, 0.05) is 7.05 Å². The van der Waals surface area contributed by atoms with Gasteiger partial charge in [0.15, 0.2) is 16.6 Å². The molecule has 0 saturated heterocycles. The van der Waals surface area contributed by atoms with Crippen molar-refractivity contribution in [2.45, 2.75) is 23.3 Å². The molecule has 0 aliphatic rings. The Morgan fingerprint density at radius 2 is 1.88 bits per heavy atom. The first-order valence-electron chi connectivity index (χ1n) is 7.26. The van der Waals surface area contributed by atoms with Crippen molar-refractivity contribution in [1.29, 1.82) is 0 Å². The van der Waals surface area contributed by atoms with E-state index in [1.165, 1.54) is 6.07 Å². The van der Waals surface area contributed by atoms with E-state index in [0.717, 1.165) is 17.3 Å². The third kappa shape index (κ3) is 2.71. The minimum atomic E-state index is -4.65. The van der Waals surface area contributed by atoms with Crippen LogP contribution in [0.15, 0.2) is 39.1 Å². The molecular formula is C14H10F3N7OS. The van der Waals surface area contributed by atoms with Crippen LogP contribution in [0.25, 0.3) is 17.0 Å². The molecular weight excluding hydrogens is 371 g/mol. The Hall–Kier alpha value is -2.89. The quantitative estimate of drug-likeness (QED) is 0.539. The molecule has 134 valence electrons. The third-order valence-electron chi connectivity index (χ3n) is 3.62. The van der Waals surface area contributed by atoms with Gasteiger partial charge in [-0.3, -0.25) is 0 Å². The summed E-state index contributed by atoms with van der Waals surface area (Å²) in [7, 11) is 1.75. The number of aryl methyl sites for hydroxylation is 1. The second-order valence-electron chi connectivity index (χ2n) is 5.32. The Labute approximate surface area is 148 Å². The normalized spacial score (nSPS) is 12.2. The fourth-order valence-electron chi connectivity index (χ4n) is 2.35. The summed E-state index contributed by atoms with van der Waals surface area (Å²) in [6, 6.07) is 4.73. The highest BCUT2D eigenvalue weighted by molar-refractivity contribution is 7.99. The maximum atomic E-state index is 13.0. The number of hydrogen-bond acceptors (Lipinski definition) is 7. The van der Waals surface area contributed by atoms with Crippen LogP contribution in [0.5, 0.6) is 0 Å². The van der Waals surface area contributed by atoms with Crippen LogP contribution < -0.4 is 0 Å². The van der Waals surface area contributed by atoms with Crippen molar-refractivity contribution >= 4 is 17.4 Å². The van der Waals surface area contributed by atoms with Crippen molar-refractivity contribution in [3.05, 3.63) is 36.0 Å². The van der Waals surface area contributed by atoms with E-state index in [9.17, 15) is 13.2 Å². The first-order chi connectivity index (χ1) is 12.3. The third-order valence-corrected chi connectivity index (χ3v) is 4.59. The molecule has 12 heteroatoms. The predicted octanol–water partition coefficient (Wildman–Crippen LogP) is 2.99. The molecule has 0 spiro atoms. The molecule has 0 atom stereocenters. The van der Waals surface area contributed by atoms with Gasteiger partial charge >= 0.3 is 6.18 Å². The second-order valence-corrected chi connectivity index (χ2v) is 6.31. The standard InChI is InChI=1S/C14H10F3N7OS/c1-7-8(5-6-25-7)11-19-21-13(23(11)2)26-10-4-3-9-18-20-12(14(15,16)17)24(9)22-10/h3-6H,1-2H3. The van der Waals surface area contributed by atoms with Crippen molar-refractivity contribution in [2.75, 3.05) is 0 Å². The number of aromatic nitrogens is 7. The Morgan fingerprint density at radius 3 is 2.58 bits per heavy atom. The summed E-state index contributed by atoms with van der Waals surface area (Å²) in [5.41, 5.74) is 0.794. The topological polar surface area (TPSA) is 86.9 Å². The maximum Gasteiger partial charge on any atom is 0.453 e. The lowest BCUT2D eigenvalue weighted by atomic mass is 10.2. The van der Waals surface area contributed by atoms with Gasteiger partial charge < -0.3 is 8.98 Å². The first kappa shape index (κ1) is 16.6. The zero-order valence-corrected chi connectivity index (χ0v) is 14.2. The van der Waals surface area contributed by atoms with E-state index < -0.39 is 12.0 Å². The Morgan fingerprint density at radius 1 is 1.08 bits per heavy atom. The average Bonchev–Trinajstić information content (AvgIpc) is 3.26. The van der Waals surface area contributed by atoms with Gasteiger partial charge in [-0.25, -0.2) is 0 Å². The summed E-state index contributed by atoms with van der Waals surface area (Å²) in [5.74, 6) is 0.0960. The van der Waals surface area contributed by atoms with Crippen molar-refractivity contribution in [1.82, 2.24) is 34.6 Å². The lowest BCUT2D eigenvalue weighted by Crippen LogP contribution is -2.12. The van der Waals surface area contributed by atoms with Crippen molar-refractivity contribution in [2.24, 2.45) is 7.05 Å². The van der Waals surface area contributed by atoms with Crippen LogP contribution in [-0.4, -0.2) is 34.6 Å². The molecule has 0 unspecified atom stereocenters. The Balaban J connectivity index is 1.70. The van der Waals surface area contributed by atoms with Gasteiger partial charge in [-0.15, -0.1) is 20.4 Å². The number of nitrogens with zero attached hydrogens (tertiary/aromatic N) is 7. The van der Waals surface area contributed by atoms with Crippen LogP contribution in [0.2, 0.25) is 0 Å². The average molecular weight is 381 g/mol. The van der Waals surface area contributed by atoms with Gasteiger partial charge in [0.2, 0.25) is 0 Å². The molecule has 0 aromatic carbocycles. The van der Waals surface area contributed by atoms with Gasteiger partial charge in [0.25, 0.3) is 5.82 Å². The first-order valence-corrected chi connectivity index (χ1v) is 8.07. The summed E-state index contributed by atoms with van der Waals surface area (Å²) < 4.78 is 46.5. The number of rotatable bonds is 3. The summed E-state index contributed by atoms with van der Waals surface area (Å²) >= 11 is 1.08. The van der Waals surface area contributed by atoms with E-state index in [-0.39, 0.29) is 5.65 Å². The van der Waals surface area contributed by atoms with E-state index in [2.05, 4.69) is 25.5 Å². The zero-order chi connectivity index (χ0) is 18.5. The van der Waals surface area contributed by atoms with Crippen molar-refractivity contribution in [3.8, 4) is 11.4 Å². The Kier molecular flexibility index (Phi) is 3.72. The van der Waals surface area contributed by atoms with Crippen LogP contribution in [0.1, 0.15) is 11.6 Å². The summed E-state index contributed by atoms with van der Waals surface area (Å²) in [6.45, 7) is 1.80. The van der Waals surface area contributed by atoms with Crippen molar-refractivity contribution in [3.63, 3.8) is 0 Å². The van der Waals surface area contributed by atoms with E-state index in [4.69, 9.17) is 4.42 Å². The minimum Gasteiger partial charge on any atom is -0.469 e.